The number of rotatable bonds is 5. The lowest BCUT2D eigenvalue weighted by atomic mass is 9.90. The molecule has 5 heteroatoms. The van der Waals surface area contributed by atoms with Crippen LogP contribution in [0.3, 0.4) is 0 Å². The quantitative estimate of drug-likeness (QED) is 0.382. The normalized spacial score (nSPS) is 21.8. The van der Waals surface area contributed by atoms with Crippen LogP contribution in [0.2, 0.25) is 0 Å². The molecule has 2 aromatic carbocycles. The van der Waals surface area contributed by atoms with Crippen LogP contribution in [0.25, 0.3) is 0 Å². The average Bonchev–Trinajstić information content (AvgIpc) is 3.15. The number of nitrogens with zero attached hydrogens (tertiary/aromatic N) is 3. The van der Waals surface area contributed by atoms with Gasteiger partial charge in [0.05, 0.1) is 41.3 Å². The topological polar surface area (TPSA) is 26.8 Å². The summed E-state index contributed by atoms with van der Waals surface area (Å²) in [5.41, 5.74) is 3.58. The summed E-state index contributed by atoms with van der Waals surface area (Å²) in [4.78, 5) is 18.1. The molecule has 148 valence electrons. The molecule has 2 aromatic rings. The molecular weight excluding hydrogens is 461 g/mol. The Kier molecular flexibility index (Phi) is 5.65. The van der Waals surface area contributed by atoms with Crippen LogP contribution in [-0.2, 0) is 0 Å². The molecule has 0 bridgehead atoms. The van der Waals surface area contributed by atoms with E-state index in [0.29, 0.717) is 6.67 Å². The lowest BCUT2D eigenvalue weighted by molar-refractivity contribution is 0.0588. The van der Waals surface area contributed by atoms with E-state index in [-0.39, 0.29) is 17.6 Å². The van der Waals surface area contributed by atoms with E-state index in [9.17, 15) is 4.79 Å². The first kappa shape index (κ1) is 19.7. The third-order valence-corrected chi connectivity index (χ3v) is 7.60. The molecule has 0 aliphatic carbocycles. The van der Waals surface area contributed by atoms with Crippen molar-refractivity contribution in [3.63, 3.8) is 0 Å². The molecule has 1 atom stereocenters. The Bertz CT molecular complexity index is 837. The second-order valence-electron chi connectivity index (χ2n) is 7.85. The van der Waals surface area contributed by atoms with E-state index in [1.165, 1.54) is 24.0 Å². The molecule has 0 aromatic heterocycles. The fraction of sp³-hybridized carbons (Fsp3) is 0.435. The number of carbonyl (C=O) groups excluding carboxylic acids is 1. The molecule has 0 radical (unpaired) electrons. The number of hydrogen-bond acceptors (Lipinski definition) is 2. The Labute approximate surface area is 182 Å². The van der Waals surface area contributed by atoms with Gasteiger partial charge in [-0.3, -0.25) is 9.80 Å². The van der Waals surface area contributed by atoms with E-state index < -0.39 is 0 Å². The van der Waals surface area contributed by atoms with Gasteiger partial charge in [0.15, 0.2) is 0 Å². The van der Waals surface area contributed by atoms with Crippen LogP contribution >= 0.6 is 22.9 Å². The number of urea groups is 1. The van der Waals surface area contributed by atoms with E-state index in [0.717, 1.165) is 25.1 Å². The van der Waals surface area contributed by atoms with Gasteiger partial charge in [0.1, 0.15) is 0 Å². The number of anilines is 1. The van der Waals surface area contributed by atoms with Crippen LogP contribution in [-0.4, -0.2) is 34.6 Å². The van der Waals surface area contributed by atoms with Gasteiger partial charge >= 0.3 is 6.03 Å². The maximum atomic E-state index is 13.5. The van der Waals surface area contributed by atoms with Gasteiger partial charge in [-0.15, -0.1) is 0 Å². The summed E-state index contributed by atoms with van der Waals surface area (Å²) in [5, 5.41) is 0. The number of para-hydroxylation sites is 1. The predicted molar refractivity (Wildman–Crippen MR) is 123 cm³/mol. The highest BCUT2D eigenvalue weighted by Crippen LogP contribution is 2.43. The highest BCUT2D eigenvalue weighted by molar-refractivity contribution is 14.1. The Morgan fingerprint density at radius 3 is 2.43 bits per heavy atom. The zero-order valence-corrected chi connectivity index (χ0v) is 18.8. The van der Waals surface area contributed by atoms with Gasteiger partial charge in [0.2, 0.25) is 0 Å². The largest absolute Gasteiger partial charge is 0.335 e. The van der Waals surface area contributed by atoms with E-state index in [4.69, 9.17) is 0 Å². The molecule has 4 nitrogen and oxygen atoms in total. The minimum atomic E-state index is -0.0528. The first-order chi connectivity index (χ1) is 13.6. The van der Waals surface area contributed by atoms with Crippen molar-refractivity contribution in [2.75, 3.05) is 16.3 Å². The highest BCUT2D eigenvalue weighted by atomic mass is 127. The molecule has 0 N–H and O–H groups in total. The van der Waals surface area contributed by atoms with Crippen LogP contribution in [0.4, 0.5) is 10.5 Å². The number of hydrogen-bond donors (Lipinski definition) is 0. The SMILES string of the molecule is CCC1(CC)CCCN1CN1C(=O)N(I)c2ccccc2[C@@H]1c1ccccc1. The first-order valence-electron chi connectivity index (χ1n) is 10.3. The molecule has 0 saturated carbocycles. The summed E-state index contributed by atoms with van der Waals surface area (Å²) in [6.45, 7) is 6.31. The average molecular weight is 489 g/mol. The monoisotopic (exact) mass is 489 g/mol. The molecule has 0 spiro atoms. The molecule has 4 rings (SSSR count). The second kappa shape index (κ2) is 8.03. The number of benzene rings is 2. The summed E-state index contributed by atoms with van der Waals surface area (Å²) in [7, 11) is 0. The Balaban J connectivity index is 1.77. The van der Waals surface area contributed by atoms with Crippen LogP contribution in [0.5, 0.6) is 0 Å². The number of halogens is 1. The van der Waals surface area contributed by atoms with Gasteiger partial charge in [0.25, 0.3) is 0 Å². The van der Waals surface area contributed by atoms with Crippen molar-refractivity contribution < 1.29 is 4.79 Å². The highest BCUT2D eigenvalue weighted by Gasteiger charge is 2.43. The molecule has 0 unspecified atom stereocenters. The number of fused-ring (bicyclic) bond motifs is 1. The van der Waals surface area contributed by atoms with Gasteiger partial charge in [-0.05, 0) is 37.3 Å². The van der Waals surface area contributed by atoms with E-state index >= 15 is 0 Å². The smallest absolute Gasteiger partial charge is 0.300 e. The van der Waals surface area contributed by atoms with Gasteiger partial charge < -0.3 is 0 Å². The number of likely N-dealkylation sites (tertiary alicyclic amines) is 1. The molecule has 2 heterocycles. The summed E-state index contributed by atoms with van der Waals surface area (Å²) >= 11 is 2.16. The van der Waals surface area contributed by atoms with Crippen LogP contribution in [0, 0.1) is 0 Å². The fourth-order valence-electron chi connectivity index (χ4n) is 4.98. The maximum Gasteiger partial charge on any atom is 0.335 e. The zero-order chi connectivity index (χ0) is 19.7. The van der Waals surface area contributed by atoms with Crippen molar-refractivity contribution in [1.29, 1.82) is 0 Å². The van der Waals surface area contributed by atoms with Gasteiger partial charge in [-0.1, -0.05) is 62.4 Å². The fourth-order valence-corrected chi connectivity index (χ4v) is 5.69. The van der Waals surface area contributed by atoms with Crippen molar-refractivity contribution >= 4 is 34.6 Å². The van der Waals surface area contributed by atoms with Gasteiger partial charge in [-0.25, -0.2) is 7.91 Å². The molecule has 2 aliphatic rings. The van der Waals surface area contributed by atoms with E-state index in [1.807, 2.05) is 18.2 Å². The third kappa shape index (κ3) is 3.22. The van der Waals surface area contributed by atoms with E-state index in [2.05, 4.69) is 82.9 Å². The number of amides is 2. The predicted octanol–water partition coefficient (Wildman–Crippen LogP) is 5.98. The summed E-state index contributed by atoms with van der Waals surface area (Å²) in [6.07, 6.45) is 4.70. The molecule has 1 saturated heterocycles. The molecular formula is C23H28IN3O. The molecule has 28 heavy (non-hydrogen) atoms. The summed E-state index contributed by atoms with van der Waals surface area (Å²) in [6, 6.07) is 18.8. The van der Waals surface area contributed by atoms with Crippen molar-refractivity contribution in [2.24, 2.45) is 0 Å². The summed E-state index contributed by atoms with van der Waals surface area (Å²) < 4.78 is 1.78. The lowest BCUT2D eigenvalue weighted by Gasteiger charge is -2.46. The summed E-state index contributed by atoms with van der Waals surface area (Å²) in [5.74, 6) is 0. The van der Waals surface area contributed by atoms with Crippen molar-refractivity contribution in [3.05, 3.63) is 65.7 Å². The third-order valence-electron chi connectivity index (χ3n) is 6.66. The minimum absolute atomic E-state index is 0.0528. The molecule has 2 aliphatic heterocycles. The van der Waals surface area contributed by atoms with Gasteiger partial charge in [0, 0.05) is 17.6 Å². The van der Waals surface area contributed by atoms with Gasteiger partial charge in [-0.2, -0.15) is 0 Å². The van der Waals surface area contributed by atoms with Crippen LogP contribution in [0.15, 0.2) is 54.6 Å². The maximum absolute atomic E-state index is 13.5. The lowest BCUT2D eigenvalue weighted by Crippen LogP contribution is -2.54. The van der Waals surface area contributed by atoms with E-state index in [1.54, 1.807) is 3.11 Å². The second-order valence-corrected chi connectivity index (χ2v) is 8.81. The first-order valence-corrected chi connectivity index (χ1v) is 11.2. The van der Waals surface area contributed by atoms with Crippen LogP contribution < -0.4 is 3.11 Å². The Hall–Kier alpha value is -1.60. The van der Waals surface area contributed by atoms with Crippen molar-refractivity contribution in [2.45, 2.75) is 51.1 Å². The molecule has 2 amide bonds. The zero-order valence-electron chi connectivity index (χ0n) is 16.6. The van der Waals surface area contributed by atoms with Crippen molar-refractivity contribution in [1.82, 2.24) is 9.80 Å². The molecule has 1 fully saturated rings. The Morgan fingerprint density at radius 2 is 1.71 bits per heavy atom. The number of carbonyl (C=O) groups is 1. The Morgan fingerprint density at radius 1 is 1.04 bits per heavy atom. The minimum Gasteiger partial charge on any atom is -0.300 e. The standard InChI is InChI=1S/C23H28IN3O/c1-3-23(4-2)15-10-16-25(23)17-26-21(18-11-6-5-7-12-18)19-13-8-9-14-20(19)27(24)22(26)28/h5-9,11-14,21H,3-4,10,15-17H2,1-2H3/t21-/m0/s1. The van der Waals surface area contributed by atoms with Crippen molar-refractivity contribution in [3.8, 4) is 0 Å². The van der Waals surface area contributed by atoms with Crippen LogP contribution in [0.1, 0.15) is 56.7 Å².